The highest BCUT2D eigenvalue weighted by Crippen LogP contribution is 2.49. The predicted molar refractivity (Wildman–Crippen MR) is 77.5 cm³/mol. The van der Waals surface area contributed by atoms with Crippen LogP contribution in [-0.2, 0) is 16.0 Å². The average Bonchev–Trinajstić information content (AvgIpc) is 2.78. The van der Waals surface area contributed by atoms with Crippen LogP contribution < -0.4 is 0 Å². The Morgan fingerprint density at radius 1 is 1.26 bits per heavy atom. The van der Waals surface area contributed by atoms with E-state index in [1.54, 1.807) is 11.3 Å². The van der Waals surface area contributed by atoms with Crippen molar-refractivity contribution in [2.75, 3.05) is 6.61 Å². The van der Waals surface area contributed by atoms with Crippen LogP contribution in [0.3, 0.4) is 0 Å². The van der Waals surface area contributed by atoms with E-state index in [2.05, 4.69) is 17.5 Å². The SMILES string of the molecule is O=C1CC(OCCc2cccs2)C12CCCCCC2. The molecule has 0 N–H and O–H groups in total. The van der Waals surface area contributed by atoms with Crippen molar-refractivity contribution in [3.63, 3.8) is 0 Å². The van der Waals surface area contributed by atoms with Crippen molar-refractivity contribution >= 4 is 17.1 Å². The first-order valence-corrected chi connectivity index (χ1v) is 8.36. The third-order valence-corrected chi connectivity index (χ3v) is 5.72. The lowest BCUT2D eigenvalue weighted by atomic mass is 9.60. The van der Waals surface area contributed by atoms with Crippen molar-refractivity contribution in [2.24, 2.45) is 5.41 Å². The Morgan fingerprint density at radius 2 is 2.05 bits per heavy atom. The third-order valence-electron chi connectivity index (χ3n) is 4.79. The first-order chi connectivity index (χ1) is 9.31. The van der Waals surface area contributed by atoms with Crippen LogP contribution in [0.4, 0.5) is 0 Å². The maximum absolute atomic E-state index is 12.1. The van der Waals surface area contributed by atoms with Crippen LogP contribution in [0.25, 0.3) is 0 Å². The minimum Gasteiger partial charge on any atom is -0.376 e. The molecule has 2 nitrogen and oxygen atoms in total. The van der Waals surface area contributed by atoms with Gasteiger partial charge in [0.25, 0.3) is 0 Å². The van der Waals surface area contributed by atoms with Gasteiger partial charge >= 0.3 is 0 Å². The van der Waals surface area contributed by atoms with Gasteiger partial charge in [-0.3, -0.25) is 4.79 Å². The zero-order valence-electron chi connectivity index (χ0n) is 11.4. The van der Waals surface area contributed by atoms with E-state index < -0.39 is 0 Å². The summed E-state index contributed by atoms with van der Waals surface area (Å²) in [6.07, 6.45) is 8.97. The fourth-order valence-corrected chi connectivity index (χ4v) is 4.24. The Labute approximate surface area is 119 Å². The molecule has 1 unspecified atom stereocenters. The van der Waals surface area contributed by atoms with E-state index in [1.807, 2.05) is 0 Å². The van der Waals surface area contributed by atoms with Crippen molar-refractivity contribution in [3.05, 3.63) is 22.4 Å². The highest BCUT2D eigenvalue weighted by Gasteiger charge is 2.54. The maximum Gasteiger partial charge on any atom is 0.144 e. The predicted octanol–water partition coefficient (Wildman–Crippen LogP) is 3.99. The second-order valence-corrected chi connectivity index (χ2v) is 6.92. The van der Waals surface area contributed by atoms with Crippen LogP contribution >= 0.6 is 11.3 Å². The summed E-state index contributed by atoms with van der Waals surface area (Å²) in [5.41, 5.74) is -0.0913. The molecule has 0 aromatic carbocycles. The minimum atomic E-state index is -0.0913. The van der Waals surface area contributed by atoms with Gasteiger partial charge in [-0.25, -0.2) is 0 Å². The van der Waals surface area contributed by atoms with Gasteiger partial charge in [-0.15, -0.1) is 11.3 Å². The molecule has 1 spiro atoms. The van der Waals surface area contributed by atoms with E-state index in [9.17, 15) is 4.79 Å². The summed E-state index contributed by atoms with van der Waals surface area (Å²) in [6, 6.07) is 4.24. The second kappa shape index (κ2) is 5.76. The zero-order valence-corrected chi connectivity index (χ0v) is 12.2. The summed E-state index contributed by atoms with van der Waals surface area (Å²) in [5, 5.41) is 2.11. The van der Waals surface area contributed by atoms with E-state index in [0.29, 0.717) is 12.2 Å². The van der Waals surface area contributed by atoms with E-state index in [-0.39, 0.29) is 11.5 Å². The van der Waals surface area contributed by atoms with Crippen LogP contribution in [0, 0.1) is 5.41 Å². The fourth-order valence-electron chi connectivity index (χ4n) is 3.55. The third kappa shape index (κ3) is 2.63. The molecular weight excluding hydrogens is 256 g/mol. The van der Waals surface area contributed by atoms with Crippen molar-refractivity contribution in [1.29, 1.82) is 0 Å². The van der Waals surface area contributed by atoms with Crippen LogP contribution in [0.1, 0.15) is 49.8 Å². The molecule has 2 saturated carbocycles. The summed E-state index contributed by atoms with van der Waals surface area (Å²) < 4.78 is 6.06. The lowest BCUT2D eigenvalue weighted by Crippen LogP contribution is -2.55. The summed E-state index contributed by atoms with van der Waals surface area (Å²) in [5.74, 6) is 0.468. The number of carbonyl (C=O) groups is 1. The Balaban J connectivity index is 1.54. The van der Waals surface area contributed by atoms with Gasteiger partial charge in [0.1, 0.15) is 5.78 Å². The van der Waals surface area contributed by atoms with E-state index in [1.165, 1.54) is 30.6 Å². The van der Waals surface area contributed by atoms with Gasteiger partial charge in [-0.1, -0.05) is 31.7 Å². The molecule has 3 heteroatoms. The highest BCUT2D eigenvalue weighted by atomic mass is 32.1. The van der Waals surface area contributed by atoms with Gasteiger partial charge < -0.3 is 4.74 Å². The normalized spacial score (nSPS) is 26.1. The van der Waals surface area contributed by atoms with Gasteiger partial charge in [0.15, 0.2) is 0 Å². The Kier molecular flexibility index (Phi) is 4.04. The van der Waals surface area contributed by atoms with Gasteiger partial charge in [0, 0.05) is 17.7 Å². The smallest absolute Gasteiger partial charge is 0.144 e. The van der Waals surface area contributed by atoms with E-state index in [0.717, 1.165) is 25.9 Å². The number of thiophene rings is 1. The van der Waals surface area contributed by atoms with E-state index in [4.69, 9.17) is 4.74 Å². The molecule has 0 saturated heterocycles. The molecule has 104 valence electrons. The van der Waals surface area contributed by atoms with Gasteiger partial charge in [-0.05, 0) is 24.3 Å². The van der Waals surface area contributed by atoms with Gasteiger partial charge in [-0.2, -0.15) is 0 Å². The topological polar surface area (TPSA) is 26.3 Å². The first kappa shape index (κ1) is 13.3. The molecule has 2 aliphatic carbocycles. The van der Waals surface area contributed by atoms with Gasteiger partial charge in [0.2, 0.25) is 0 Å². The monoisotopic (exact) mass is 278 g/mol. The van der Waals surface area contributed by atoms with Crippen LogP contribution in [-0.4, -0.2) is 18.5 Å². The summed E-state index contributed by atoms with van der Waals surface area (Å²) in [7, 11) is 0. The lowest BCUT2D eigenvalue weighted by Gasteiger charge is -2.47. The Morgan fingerprint density at radius 3 is 2.68 bits per heavy atom. The molecule has 1 aromatic rings. The molecule has 0 radical (unpaired) electrons. The maximum atomic E-state index is 12.1. The molecule has 3 rings (SSSR count). The van der Waals surface area contributed by atoms with Crippen LogP contribution in [0.15, 0.2) is 17.5 Å². The molecule has 0 aliphatic heterocycles. The highest BCUT2D eigenvalue weighted by molar-refractivity contribution is 7.09. The number of Topliss-reactive ketones (excluding diaryl/α,β-unsaturated/α-hetero) is 1. The average molecular weight is 278 g/mol. The molecule has 2 aliphatic rings. The van der Waals surface area contributed by atoms with Crippen LogP contribution in [0.5, 0.6) is 0 Å². The molecule has 0 bridgehead atoms. The number of hydrogen-bond acceptors (Lipinski definition) is 3. The number of ketones is 1. The fraction of sp³-hybridized carbons (Fsp3) is 0.688. The molecular formula is C16H22O2S. The van der Waals surface area contributed by atoms with Crippen molar-refractivity contribution in [3.8, 4) is 0 Å². The summed E-state index contributed by atoms with van der Waals surface area (Å²) >= 11 is 1.78. The zero-order chi connectivity index (χ0) is 13.1. The molecule has 2 fully saturated rings. The Bertz CT molecular complexity index is 416. The molecule has 1 heterocycles. The molecule has 19 heavy (non-hydrogen) atoms. The lowest BCUT2D eigenvalue weighted by molar-refractivity contribution is -0.165. The van der Waals surface area contributed by atoms with Crippen LogP contribution in [0.2, 0.25) is 0 Å². The van der Waals surface area contributed by atoms with Crippen molar-refractivity contribution in [1.82, 2.24) is 0 Å². The number of rotatable bonds is 4. The van der Waals surface area contributed by atoms with E-state index >= 15 is 0 Å². The number of ether oxygens (including phenoxy) is 1. The second-order valence-electron chi connectivity index (χ2n) is 5.89. The number of carbonyl (C=O) groups excluding carboxylic acids is 1. The quantitative estimate of drug-likeness (QED) is 0.832. The number of hydrogen-bond donors (Lipinski definition) is 0. The summed E-state index contributed by atoms with van der Waals surface area (Å²) in [4.78, 5) is 13.5. The molecule has 1 aromatic heterocycles. The largest absolute Gasteiger partial charge is 0.376 e. The van der Waals surface area contributed by atoms with Gasteiger partial charge in [0.05, 0.1) is 18.1 Å². The minimum absolute atomic E-state index is 0.0913. The first-order valence-electron chi connectivity index (χ1n) is 7.48. The molecule has 0 amide bonds. The van der Waals surface area contributed by atoms with Crippen molar-refractivity contribution in [2.45, 2.75) is 57.5 Å². The summed E-state index contributed by atoms with van der Waals surface area (Å²) in [6.45, 7) is 0.764. The molecule has 1 atom stereocenters. The standard InChI is InChI=1S/C16H22O2S/c17-14-12-15(16(14)8-3-1-2-4-9-16)18-10-7-13-6-5-11-19-13/h5-6,11,15H,1-4,7-10,12H2. The Hall–Kier alpha value is -0.670. The van der Waals surface area contributed by atoms with Crippen molar-refractivity contribution < 1.29 is 9.53 Å².